The summed E-state index contributed by atoms with van der Waals surface area (Å²) in [7, 11) is 0. The molecule has 0 spiro atoms. The van der Waals surface area contributed by atoms with Gasteiger partial charge in [-0.3, -0.25) is 4.68 Å². The van der Waals surface area contributed by atoms with E-state index < -0.39 is 0 Å². The van der Waals surface area contributed by atoms with Gasteiger partial charge in [-0.15, -0.1) is 0 Å². The normalized spacial score (nSPS) is 20.8. The van der Waals surface area contributed by atoms with Crippen molar-refractivity contribution in [2.75, 3.05) is 0 Å². The Labute approximate surface area is 84.7 Å². The van der Waals surface area contributed by atoms with Crippen molar-refractivity contribution < 1.29 is 5.11 Å². The third kappa shape index (κ3) is 1.82. The fourth-order valence-corrected chi connectivity index (χ4v) is 1.89. The first-order valence-electron chi connectivity index (χ1n) is 5.42. The standard InChI is InChI=1S/C11H18N2O/c1-3-13-7-10(6-12-13)11(14)8(2)9-4-5-9/h6-9,11,14H,3-5H2,1-2H3. The van der Waals surface area contributed by atoms with E-state index in [2.05, 4.69) is 12.0 Å². The maximum atomic E-state index is 10.1. The van der Waals surface area contributed by atoms with Crippen molar-refractivity contribution in [1.82, 2.24) is 9.78 Å². The zero-order valence-corrected chi connectivity index (χ0v) is 8.85. The summed E-state index contributed by atoms with van der Waals surface area (Å²) < 4.78 is 1.86. The van der Waals surface area contributed by atoms with E-state index in [1.54, 1.807) is 6.20 Å². The molecule has 0 bridgehead atoms. The van der Waals surface area contributed by atoms with E-state index in [4.69, 9.17) is 0 Å². The van der Waals surface area contributed by atoms with Crippen LogP contribution in [0.4, 0.5) is 0 Å². The minimum Gasteiger partial charge on any atom is -0.388 e. The quantitative estimate of drug-likeness (QED) is 0.796. The predicted molar refractivity (Wildman–Crippen MR) is 54.7 cm³/mol. The lowest BCUT2D eigenvalue weighted by atomic mass is 9.95. The highest BCUT2D eigenvalue weighted by Crippen LogP contribution is 2.42. The minimum atomic E-state index is -0.331. The Balaban J connectivity index is 2.05. The molecule has 1 aliphatic rings. The fraction of sp³-hybridized carbons (Fsp3) is 0.727. The summed E-state index contributed by atoms with van der Waals surface area (Å²) in [6, 6.07) is 0. The van der Waals surface area contributed by atoms with Gasteiger partial charge in [-0.05, 0) is 31.6 Å². The Morgan fingerprint density at radius 2 is 2.36 bits per heavy atom. The maximum Gasteiger partial charge on any atom is 0.0848 e. The maximum absolute atomic E-state index is 10.1. The summed E-state index contributed by atoms with van der Waals surface area (Å²) >= 11 is 0. The molecule has 2 rings (SSSR count). The van der Waals surface area contributed by atoms with Gasteiger partial charge in [0.1, 0.15) is 0 Å². The van der Waals surface area contributed by atoms with Crippen LogP contribution < -0.4 is 0 Å². The van der Waals surface area contributed by atoms with Crippen molar-refractivity contribution in [3.8, 4) is 0 Å². The smallest absolute Gasteiger partial charge is 0.0848 e. The molecule has 3 heteroatoms. The molecule has 78 valence electrons. The van der Waals surface area contributed by atoms with E-state index in [9.17, 15) is 5.11 Å². The summed E-state index contributed by atoms with van der Waals surface area (Å²) in [6.45, 7) is 5.05. The largest absolute Gasteiger partial charge is 0.388 e. The highest BCUT2D eigenvalue weighted by molar-refractivity contribution is 5.10. The minimum absolute atomic E-state index is 0.331. The van der Waals surface area contributed by atoms with Gasteiger partial charge in [0.05, 0.1) is 12.3 Å². The fourth-order valence-electron chi connectivity index (χ4n) is 1.89. The lowest BCUT2D eigenvalue weighted by Crippen LogP contribution is -2.10. The van der Waals surface area contributed by atoms with Crippen molar-refractivity contribution in [3.63, 3.8) is 0 Å². The molecule has 0 aromatic carbocycles. The van der Waals surface area contributed by atoms with E-state index in [-0.39, 0.29) is 6.10 Å². The van der Waals surface area contributed by atoms with Crippen LogP contribution in [0.15, 0.2) is 12.4 Å². The number of nitrogens with zero attached hydrogens (tertiary/aromatic N) is 2. The first kappa shape index (κ1) is 9.71. The molecular formula is C11H18N2O. The van der Waals surface area contributed by atoms with Crippen LogP contribution in [-0.4, -0.2) is 14.9 Å². The van der Waals surface area contributed by atoms with Crippen LogP contribution >= 0.6 is 0 Å². The van der Waals surface area contributed by atoms with E-state index >= 15 is 0 Å². The number of rotatable bonds is 4. The van der Waals surface area contributed by atoms with Crippen LogP contribution in [0.1, 0.15) is 38.4 Å². The summed E-state index contributed by atoms with van der Waals surface area (Å²) in [6.07, 6.45) is 5.96. The van der Waals surface area contributed by atoms with Crippen molar-refractivity contribution >= 4 is 0 Å². The van der Waals surface area contributed by atoms with Gasteiger partial charge in [0.15, 0.2) is 0 Å². The summed E-state index contributed by atoms with van der Waals surface area (Å²) in [5, 5.41) is 14.2. The van der Waals surface area contributed by atoms with Gasteiger partial charge in [-0.2, -0.15) is 5.10 Å². The van der Waals surface area contributed by atoms with Crippen molar-refractivity contribution in [2.45, 2.75) is 39.3 Å². The Bertz CT molecular complexity index is 304. The monoisotopic (exact) mass is 194 g/mol. The highest BCUT2D eigenvalue weighted by atomic mass is 16.3. The molecule has 1 aromatic rings. The molecule has 14 heavy (non-hydrogen) atoms. The number of hydrogen-bond donors (Lipinski definition) is 1. The number of aliphatic hydroxyl groups excluding tert-OH is 1. The molecule has 1 fully saturated rings. The van der Waals surface area contributed by atoms with E-state index in [1.807, 2.05) is 17.8 Å². The Kier molecular flexibility index (Phi) is 2.59. The number of aliphatic hydroxyl groups is 1. The van der Waals surface area contributed by atoms with Crippen LogP contribution in [0.3, 0.4) is 0 Å². The molecule has 1 aliphatic carbocycles. The zero-order valence-electron chi connectivity index (χ0n) is 8.85. The number of aryl methyl sites for hydroxylation is 1. The van der Waals surface area contributed by atoms with Crippen molar-refractivity contribution in [3.05, 3.63) is 18.0 Å². The van der Waals surface area contributed by atoms with E-state index in [0.717, 1.165) is 18.0 Å². The predicted octanol–water partition coefficient (Wildman–Crippen LogP) is 1.98. The molecule has 0 aliphatic heterocycles. The molecule has 1 aromatic heterocycles. The number of aromatic nitrogens is 2. The molecule has 1 heterocycles. The highest BCUT2D eigenvalue weighted by Gasteiger charge is 2.33. The average molecular weight is 194 g/mol. The van der Waals surface area contributed by atoms with E-state index in [0.29, 0.717) is 5.92 Å². The van der Waals surface area contributed by atoms with Gasteiger partial charge < -0.3 is 5.11 Å². The molecule has 2 atom stereocenters. The first-order valence-corrected chi connectivity index (χ1v) is 5.42. The number of hydrogen-bond acceptors (Lipinski definition) is 2. The van der Waals surface area contributed by atoms with E-state index in [1.165, 1.54) is 12.8 Å². The molecule has 2 unspecified atom stereocenters. The van der Waals surface area contributed by atoms with Crippen molar-refractivity contribution in [2.24, 2.45) is 11.8 Å². The summed E-state index contributed by atoms with van der Waals surface area (Å²) in [5.41, 5.74) is 0.964. The Morgan fingerprint density at radius 3 is 2.86 bits per heavy atom. The third-order valence-electron chi connectivity index (χ3n) is 3.18. The molecule has 1 N–H and O–H groups in total. The molecule has 0 saturated heterocycles. The second-order valence-electron chi connectivity index (χ2n) is 4.27. The topological polar surface area (TPSA) is 38.0 Å². The Hall–Kier alpha value is -0.830. The van der Waals surface area contributed by atoms with Gasteiger partial charge in [-0.1, -0.05) is 6.92 Å². The zero-order chi connectivity index (χ0) is 10.1. The Morgan fingerprint density at radius 1 is 1.64 bits per heavy atom. The van der Waals surface area contributed by atoms with Crippen LogP contribution in [-0.2, 0) is 6.54 Å². The van der Waals surface area contributed by atoms with Crippen LogP contribution in [0.25, 0.3) is 0 Å². The second kappa shape index (κ2) is 3.73. The van der Waals surface area contributed by atoms with Crippen LogP contribution in [0.5, 0.6) is 0 Å². The molecule has 3 nitrogen and oxygen atoms in total. The summed E-state index contributed by atoms with van der Waals surface area (Å²) in [5.74, 6) is 1.11. The van der Waals surface area contributed by atoms with Gasteiger partial charge in [-0.25, -0.2) is 0 Å². The van der Waals surface area contributed by atoms with Gasteiger partial charge in [0.2, 0.25) is 0 Å². The lowest BCUT2D eigenvalue weighted by molar-refractivity contribution is 0.106. The third-order valence-corrected chi connectivity index (χ3v) is 3.18. The van der Waals surface area contributed by atoms with Gasteiger partial charge >= 0.3 is 0 Å². The second-order valence-corrected chi connectivity index (χ2v) is 4.27. The molecule has 0 amide bonds. The van der Waals surface area contributed by atoms with Gasteiger partial charge in [0.25, 0.3) is 0 Å². The van der Waals surface area contributed by atoms with Crippen LogP contribution in [0, 0.1) is 11.8 Å². The molecular weight excluding hydrogens is 176 g/mol. The average Bonchev–Trinajstić information content (AvgIpc) is 2.94. The first-order chi connectivity index (χ1) is 6.72. The molecule has 1 saturated carbocycles. The lowest BCUT2D eigenvalue weighted by Gasteiger charge is -2.16. The van der Waals surface area contributed by atoms with Gasteiger partial charge in [0, 0.05) is 18.3 Å². The van der Waals surface area contributed by atoms with Crippen molar-refractivity contribution in [1.29, 1.82) is 0 Å². The molecule has 0 radical (unpaired) electrons. The van der Waals surface area contributed by atoms with Crippen LogP contribution in [0.2, 0.25) is 0 Å². The summed E-state index contributed by atoms with van der Waals surface area (Å²) in [4.78, 5) is 0. The SMILES string of the molecule is CCn1cc(C(O)C(C)C2CC2)cn1.